The van der Waals surface area contributed by atoms with E-state index in [1.54, 1.807) is 7.11 Å². The molecular formula is C19H29NO. The number of ether oxygens (including phenoxy) is 1. The molecule has 2 aliphatic rings. The Morgan fingerprint density at radius 1 is 0.952 bits per heavy atom. The van der Waals surface area contributed by atoms with E-state index in [4.69, 9.17) is 4.74 Å². The molecule has 1 aromatic carbocycles. The first-order chi connectivity index (χ1) is 10.4. The van der Waals surface area contributed by atoms with E-state index in [2.05, 4.69) is 29.2 Å². The molecular weight excluding hydrogens is 258 g/mol. The number of rotatable bonds is 4. The lowest BCUT2D eigenvalue weighted by molar-refractivity contribution is 0.0846. The molecule has 21 heavy (non-hydrogen) atoms. The summed E-state index contributed by atoms with van der Waals surface area (Å²) in [6.45, 7) is 2.67. The van der Waals surface area contributed by atoms with E-state index in [0.29, 0.717) is 0 Å². The largest absolute Gasteiger partial charge is 0.497 e. The SMILES string of the molecule is COc1ccc(C[C@H]2CCCC[C@H]2N2CCCCC2)cc1. The summed E-state index contributed by atoms with van der Waals surface area (Å²) in [7, 11) is 1.74. The van der Waals surface area contributed by atoms with Crippen molar-refractivity contribution in [3.05, 3.63) is 29.8 Å². The van der Waals surface area contributed by atoms with Crippen LogP contribution >= 0.6 is 0 Å². The van der Waals surface area contributed by atoms with Crippen LogP contribution in [0.5, 0.6) is 5.75 Å². The van der Waals surface area contributed by atoms with Gasteiger partial charge in [-0.1, -0.05) is 31.4 Å². The quantitative estimate of drug-likeness (QED) is 0.819. The highest BCUT2D eigenvalue weighted by atomic mass is 16.5. The monoisotopic (exact) mass is 287 g/mol. The Labute approximate surface area is 129 Å². The standard InChI is InChI=1S/C19H29NO/c1-21-18-11-9-16(10-12-18)15-17-7-3-4-8-19(17)20-13-5-2-6-14-20/h9-12,17,19H,2-8,13-15H2,1H3/t17-,19-/m1/s1. The maximum atomic E-state index is 5.27. The summed E-state index contributed by atoms with van der Waals surface area (Å²) in [4.78, 5) is 2.80. The highest BCUT2D eigenvalue weighted by Crippen LogP contribution is 2.32. The third-order valence-electron chi connectivity index (χ3n) is 5.39. The molecule has 1 heterocycles. The van der Waals surface area contributed by atoms with Crippen LogP contribution in [0.25, 0.3) is 0 Å². The Morgan fingerprint density at radius 3 is 2.38 bits per heavy atom. The first-order valence-electron chi connectivity index (χ1n) is 8.74. The van der Waals surface area contributed by atoms with Crippen molar-refractivity contribution < 1.29 is 4.74 Å². The average Bonchev–Trinajstić information content (AvgIpc) is 2.57. The average molecular weight is 287 g/mol. The second-order valence-electron chi connectivity index (χ2n) is 6.76. The molecule has 0 spiro atoms. The highest BCUT2D eigenvalue weighted by molar-refractivity contribution is 5.27. The molecule has 0 aromatic heterocycles. The third-order valence-corrected chi connectivity index (χ3v) is 5.39. The van der Waals surface area contributed by atoms with Crippen LogP contribution in [0.4, 0.5) is 0 Å². The van der Waals surface area contributed by atoms with Crippen LogP contribution in [0.1, 0.15) is 50.5 Å². The van der Waals surface area contributed by atoms with Gasteiger partial charge in [0.05, 0.1) is 7.11 Å². The van der Waals surface area contributed by atoms with Gasteiger partial charge in [-0.2, -0.15) is 0 Å². The normalized spacial score (nSPS) is 27.5. The molecule has 2 heteroatoms. The molecule has 1 aliphatic carbocycles. The lowest BCUT2D eigenvalue weighted by atomic mass is 9.79. The Kier molecular flexibility index (Phi) is 5.18. The van der Waals surface area contributed by atoms with Gasteiger partial charge >= 0.3 is 0 Å². The summed E-state index contributed by atoms with van der Waals surface area (Å²) in [6, 6.07) is 9.55. The minimum Gasteiger partial charge on any atom is -0.497 e. The van der Waals surface area contributed by atoms with E-state index in [1.165, 1.54) is 70.0 Å². The van der Waals surface area contributed by atoms with Gasteiger partial charge < -0.3 is 9.64 Å². The van der Waals surface area contributed by atoms with Crippen molar-refractivity contribution in [2.24, 2.45) is 5.92 Å². The predicted molar refractivity (Wildman–Crippen MR) is 87.9 cm³/mol. The summed E-state index contributed by atoms with van der Waals surface area (Å²) in [5.41, 5.74) is 1.48. The van der Waals surface area contributed by atoms with Gasteiger partial charge in [0.25, 0.3) is 0 Å². The topological polar surface area (TPSA) is 12.5 Å². The second kappa shape index (κ2) is 7.31. The lowest BCUT2D eigenvalue weighted by Gasteiger charge is -2.42. The zero-order chi connectivity index (χ0) is 14.5. The summed E-state index contributed by atoms with van der Waals surface area (Å²) in [5.74, 6) is 1.82. The lowest BCUT2D eigenvalue weighted by Crippen LogP contribution is -2.45. The Balaban J connectivity index is 1.65. The van der Waals surface area contributed by atoms with Gasteiger partial charge in [0.1, 0.15) is 5.75 Å². The molecule has 0 unspecified atom stereocenters. The van der Waals surface area contributed by atoms with E-state index in [0.717, 1.165) is 17.7 Å². The number of nitrogens with zero attached hydrogens (tertiary/aromatic N) is 1. The van der Waals surface area contributed by atoms with E-state index in [9.17, 15) is 0 Å². The fourth-order valence-corrected chi connectivity index (χ4v) is 4.22. The van der Waals surface area contributed by atoms with Crippen molar-refractivity contribution in [3.8, 4) is 5.75 Å². The molecule has 0 amide bonds. The molecule has 2 atom stereocenters. The van der Waals surface area contributed by atoms with Crippen LogP contribution in [-0.4, -0.2) is 31.1 Å². The predicted octanol–water partition coefficient (Wildman–Crippen LogP) is 4.28. The number of methoxy groups -OCH3 is 1. The molecule has 1 aliphatic heterocycles. The van der Waals surface area contributed by atoms with Crippen LogP contribution < -0.4 is 4.74 Å². The molecule has 1 saturated heterocycles. The fourth-order valence-electron chi connectivity index (χ4n) is 4.22. The minimum absolute atomic E-state index is 0.834. The van der Waals surface area contributed by atoms with Gasteiger partial charge in [0.15, 0.2) is 0 Å². The van der Waals surface area contributed by atoms with Crippen molar-refractivity contribution in [1.29, 1.82) is 0 Å². The maximum Gasteiger partial charge on any atom is 0.118 e. The number of hydrogen-bond donors (Lipinski definition) is 0. The van der Waals surface area contributed by atoms with Gasteiger partial charge in [-0.25, -0.2) is 0 Å². The summed E-state index contributed by atoms with van der Waals surface area (Å²) in [5, 5.41) is 0. The van der Waals surface area contributed by atoms with E-state index >= 15 is 0 Å². The first kappa shape index (κ1) is 14.9. The van der Waals surface area contributed by atoms with E-state index < -0.39 is 0 Å². The zero-order valence-electron chi connectivity index (χ0n) is 13.4. The molecule has 2 fully saturated rings. The van der Waals surface area contributed by atoms with Crippen molar-refractivity contribution in [3.63, 3.8) is 0 Å². The summed E-state index contributed by atoms with van der Waals surface area (Å²) in [6.07, 6.45) is 11.2. The van der Waals surface area contributed by atoms with Crippen LogP contribution in [-0.2, 0) is 6.42 Å². The minimum atomic E-state index is 0.834. The van der Waals surface area contributed by atoms with Crippen molar-refractivity contribution in [1.82, 2.24) is 4.90 Å². The smallest absolute Gasteiger partial charge is 0.118 e. The highest BCUT2D eigenvalue weighted by Gasteiger charge is 2.30. The fraction of sp³-hybridized carbons (Fsp3) is 0.684. The Morgan fingerprint density at radius 2 is 1.67 bits per heavy atom. The third kappa shape index (κ3) is 3.79. The van der Waals surface area contributed by atoms with Crippen LogP contribution in [0.2, 0.25) is 0 Å². The molecule has 0 bridgehead atoms. The van der Waals surface area contributed by atoms with Crippen molar-refractivity contribution in [2.45, 2.75) is 57.4 Å². The van der Waals surface area contributed by atoms with Gasteiger partial charge in [-0.15, -0.1) is 0 Å². The molecule has 3 rings (SSSR count). The molecule has 116 valence electrons. The van der Waals surface area contributed by atoms with Gasteiger partial charge in [0, 0.05) is 6.04 Å². The van der Waals surface area contributed by atoms with Crippen LogP contribution in [0.15, 0.2) is 24.3 Å². The molecule has 0 radical (unpaired) electrons. The number of hydrogen-bond acceptors (Lipinski definition) is 2. The van der Waals surface area contributed by atoms with Gasteiger partial charge in [-0.3, -0.25) is 0 Å². The number of benzene rings is 1. The van der Waals surface area contributed by atoms with E-state index in [1.807, 2.05) is 0 Å². The Bertz CT molecular complexity index is 422. The van der Waals surface area contributed by atoms with Crippen LogP contribution in [0.3, 0.4) is 0 Å². The molecule has 1 aromatic rings. The second-order valence-corrected chi connectivity index (χ2v) is 6.76. The van der Waals surface area contributed by atoms with Crippen LogP contribution in [0, 0.1) is 5.92 Å². The first-order valence-corrected chi connectivity index (χ1v) is 8.74. The number of likely N-dealkylation sites (tertiary alicyclic amines) is 1. The molecule has 1 saturated carbocycles. The zero-order valence-corrected chi connectivity index (χ0v) is 13.4. The molecule has 0 N–H and O–H groups in total. The Hall–Kier alpha value is -1.02. The number of piperidine rings is 1. The summed E-state index contributed by atoms with van der Waals surface area (Å²) < 4.78 is 5.27. The summed E-state index contributed by atoms with van der Waals surface area (Å²) >= 11 is 0. The van der Waals surface area contributed by atoms with E-state index in [-0.39, 0.29) is 0 Å². The van der Waals surface area contributed by atoms with Crippen molar-refractivity contribution in [2.75, 3.05) is 20.2 Å². The van der Waals surface area contributed by atoms with Gasteiger partial charge in [0.2, 0.25) is 0 Å². The maximum absolute atomic E-state index is 5.27. The van der Waals surface area contributed by atoms with Crippen molar-refractivity contribution >= 4 is 0 Å². The molecule has 2 nitrogen and oxygen atoms in total. The van der Waals surface area contributed by atoms with Gasteiger partial charge in [-0.05, 0) is 68.8 Å².